The van der Waals surface area contributed by atoms with Gasteiger partial charge < -0.3 is 9.47 Å². The lowest BCUT2D eigenvalue weighted by molar-refractivity contribution is -0.123. The molecule has 0 aliphatic rings. The largest absolute Gasteiger partial charge is 0.483 e. The maximum Gasteiger partial charge on any atom is 0.343 e. The molecule has 31 heavy (non-hydrogen) atoms. The number of halogens is 1. The molecule has 0 radical (unpaired) electrons. The molecule has 3 aromatic carbocycles. The molecule has 0 aliphatic carbocycles. The molecular formula is C24H21ClN2O4. The minimum Gasteiger partial charge on any atom is -0.483 e. The molecule has 0 aliphatic heterocycles. The van der Waals surface area contributed by atoms with Crippen LogP contribution < -0.4 is 14.9 Å². The van der Waals surface area contributed by atoms with Crippen molar-refractivity contribution >= 4 is 29.7 Å². The third kappa shape index (κ3) is 6.42. The number of esters is 1. The number of hydrazone groups is 1. The van der Waals surface area contributed by atoms with Gasteiger partial charge >= 0.3 is 5.97 Å². The quantitative estimate of drug-likeness (QED) is 0.252. The van der Waals surface area contributed by atoms with Gasteiger partial charge in [0.2, 0.25) is 0 Å². The van der Waals surface area contributed by atoms with Gasteiger partial charge in [0.1, 0.15) is 11.5 Å². The SMILES string of the molecule is Cc1cccc(C)c1OCC(=O)NN=Cc1ccc(OC(=O)c2ccc(Cl)cc2)cc1. The average Bonchev–Trinajstić information content (AvgIpc) is 2.75. The molecule has 0 fully saturated rings. The lowest BCUT2D eigenvalue weighted by Crippen LogP contribution is -2.25. The van der Waals surface area contributed by atoms with Gasteiger partial charge in [-0.05, 0) is 79.1 Å². The Morgan fingerprint density at radius 2 is 1.61 bits per heavy atom. The van der Waals surface area contributed by atoms with Gasteiger partial charge in [0, 0.05) is 5.02 Å². The molecule has 0 aromatic heterocycles. The number of hydrogen-bond donors (Lipinski definition) is 1. The second-order valence-corrected chi connectivity index (χ2v) is 7.20. The van der Waals surface area contributed by atoms with Gasteiger partial charge in [0.15, 0.2) is 6.61 Å². The summed E-state index contributed by atoms with van der Waals surface area (Å²) in [5, 5.41) is 4.47. The summed E-state index contributed by atoms with van der Waals surface area (Å²) in [6, 6.07) is 18.9. The maximum atomic E-state index is 12.1. The summed E-state index contributed by atoms with van der Waals surface area (Å²) in [4.78, 5) is 24.1. The van der Waals surface area contributed by atoms with Crippen LogP contribution in [-0.4, -0.2) is 24.7 Å². The molecule has 1 amide bonds. The molecule has 6 nitrogen and oxygen atoms in total. The Bertz CT molecular complexity index is 1070. The first-order chi connectivity index (χ1) is 14.9. The van der Waals surface area contributed by atoms with E-state index >= 15 is 0 Å². The van der Waals surface area contributed by atoms with Gasteiger partial charge in [0.25, 0.3) is 5.91 Å². The summed E-state index contributed by atoms with van der Waals surface area (Å²) < 4.78 is 10.9. The number of aryl methyl sites for hydroxylation is 2. The zero-order valence-corrected chi connectivity index (χ0v) is 17.8. The van der Waals surface area contributed by atoms with Crippen LogP contribution in [0.5, 0.6) is 11.5 Å². The first-order valence-electron chi connectivity index (χ1n) is 9.51. The average molecular weight is 437 g/mol. The number of amides is 1. The van der Waals surface area contributed by atoms with Crippen molar-refractivity contribution in [3.63, 3.8) is 0 Å². The molecule has 0 spiro atoms. The molecule has 0 atom stereocenters. The van der Waals surface area contributed by atoms with Gasteiger partial charge in [-0.3, -0.25) is 4.79 Å². The fourth-order valence-electron chi connectivity index (χ4n) is 2.75. The Kier molecular flexibility index (Phi) is 7.40. The number of carbonyl (C=O) groups is 2. The fourth-order valence-corrected chi connectivity index (χ4v) is 2.88. The summed E-state index contributed by atoms with van der Waals surface area (Å²) >= 11 is 5.82. The summed E-state index contributed by atoms with van der Waals surface area (Å²) in [6.45, 7) is 3.71. The van der Waals surface area contributed by atoms with Crippen molar-refractivity contribution in [2.24, 2.45) is 5.10 Å². The predicted molar refractivity (Wildman–Crippen MR) is 120 cm³/mol. The lowest BCUT2D eigenvalue weighted by atomic mass is 10.1. The van der Waals surface area contributed by atoms with Crippen molar-refractivity contribution in [3.05, 3.63) is 94.0 Å². The normalized spacial score (nSPS) is 10.7. The molecule has 0 saturated carbocycles. The van der Waals surface area contributed by atoms with Crippen LogP contribution >= 0.6 is 11.6 Å². The van der Waals surface area contributed by atoms with Crippen LogP contribution in [0.3, 0.4) is 0 Å². The third-order valence-corrected chi connectivity index (χ3v) is 4.58. The molecule has 0 unspecified atom stereocenters. The highest BCUT2D eigenvalue weighted by Crippen LogP contribution is 2.22. The van der Waals surface area contributed by atoms with Crippen LogP contribution in [0.15, 0.2) is 71.8 Å². The highest BCUT2D eigenvalue weighted by Gasteiger charge is 2.09. The Balaban J connectivity index is 1.48. The van der Waals surface area contributed by atoms with E-state index in [0.717, 1.165) is 16.7 Å². The minimum absolute atomic E-state index is 0.136. The molecule has 0 bridgehead atoms. The number of carbonyl (C=O) groups excluding carboxylic acids is 2. The molecule has 7 heteroatoms. The van der Waals surface area contributed by atoms with Crippen LogP contribution in [0.1, 0.15) is 27.0 Å². The van der Waals surface area contributed by atoms with E-state index in [4.69, 9.17) is 21.1 Å². The topological polar surface area (TPSA) is 77.0 Å². The Morgan fingerprint density at radius 1 is 0.968 bits per heavy atom. The van der Waals surface area contributed by atoms with E-state index in [-0.39, 0.29) is 12.5 Å². The van der Waals surface area contributed by atoms with Crippen molar-refractivity contribution in [3.8, 4) is 11.5 Å². The number of ether oxygens (including phenoxy) is 2. The predicted octanol–water partition coefficient (Wildman–Crippen LogP) is 4.71. The van der Waals surface area contributed by atoms with E-state index in [1.54, 1.807) is 48.5 Å². The first-order valence-corrected chi connectivity index (χ1v) is 9.89. The van der Waals surface area contributed by atoms with Crippen LogP contribution in [0.4, 0.5) is 0 Å². The first kappa shape index (κ1) is 22.1. The molecule has 1 N–H and O–H groups in total. The Labute approximate surface area is 185 Å². The highest BCUT2D eigenvalue weighted by molar-refractivity contribution is 6.30. The number of nitrogens with one attached hydrogen (secondary N) is 1. The summed E-state index contributed by atoms with van der Waals surface area (Å²) in [7, 11) is 0. The van der Waals surface area contributed by atoms with Crippen molar-refractivity contribution in [1.82, 2.24) is 5.43 Å². The molecule has 158 valence electrons. The Hall–Kier alpha value is -3.64. The smallest absolute Gasteiger partial charge is 0.343 e. The molecular weight excluding hydrogens is 416 g/mol. The zero-order chi connectivity index (χ0) is 22.2. The zero-order valence-electron chi connectivity index (χ0n) is 17.1. The number of benzene rings is 3. The van der Waals surface area contributed by atoms with E-state index in [0.29, 0.717) is 22.1 Å². The fraction of sp³-hybridized carbons (Fsp3) is 0.125. The van der Waals surface area contributed by atoms with Gasteiger partial charge in [-0.2, -0.15) is 5.10 Å². The second kappa shape index (κ2) is 10.4. The second-order valence-electron chi connectivity index (χ2n) is 6.77. The van der Waals surface area contributed by atoms with Gasteiger partial charge in [-0.1, -0.05) is 29.8 Å². The molecule has 3 rings (SSSR count). The summed E-state index contributed by atoms with van der Waals surface area (Å²) in [5.74, 6) is 0.246. The van der Waals surface area contributed by atoms with Crippen molar-refractivity contribution in [1.29, 1.82) is 0 Å². The van der Waals surface area contributed by atoms with E-state index in [9.17, 15) is 9.59 Å². The standard InChI is InChI=1S/C24H21ClN2O4/c1-16-4-3-5-17(2)23(16)30-15-22(28)27-26-14-18-6-12-21(13-7-18)31-24(29)19-8-10-20(25)11-9-19/h3-14H,15H2,1-2H3,(H,27,28). The van der Waals surface area contributed by atoms with Crippen LogP contribution in [0.25, 0.3) is 0 Å². The van der Waals surface area contributed by atoms with E-state index < -0.39 is 5.97 Å². The van der Waals surface area contributed by atoms with Crippen LogP contribution in [0, 0.1) is 13.8 Å². The minimum atomic E-state index is -0.478. The van der Waals surface area contributed by atoms with Crippen LogP contribution in [0.2, 0.25) is 5.02 Å². The Morgan fingerprint density at radius 3 is 2.26 bits per heavy atom. The number of nitrogens with zero attached hydrogens (tertiary/aromatic N) is 1. The number of hydrogen-bond acceptors (Lipinski definition) is 5. The van der Waals surface area contributed by atoms with E-state index in [2.05, 4.69) is 10.5 Å². The van der Waals surface area contributed by atoms with Gasteiger partial charge in [0.05, 0.1) is 11.8 Å². The van der Waals surface area contributed by atoms with Crippen molar-refractivity contribution in [2.45, 2.75) is 13.8 Å². The number of para-hydroxylation sites is 1. The third-order valence-electron chi connectivity index (χ3n) is 4.33. The van der Waals surface area contributed by atoms with Gasteiger partial charge in [-0.25, -0.2) is 10.2 Å². The summed E-state index contributed by atoms with van der Waals surface area (Å²) in [5.41, 5.74) is 5.48. The van der Waals surface area contributed by atoms with Gasteiger partial charge in [-0.15, -0.1) is 0 Å². The highest BCUT2D eigenvalue weighted by atomic mass is 35.5. The van der Waals surface area contributed by atoms with Crippen molar-refractivity contribution in [2.75, 3.05) is 6.61 Å². The monoisotopic (exact) mass is 436 g/mol. The van der Waals surface area contributed by atoms with Crippen LogP contribution in [-0.2, 0) is 4.79 Å². The van der Waals surface area contributed by atoms with E-state index in [1.807, 2.05) is 32.0 Å². The molecule has 3 aromatic rings. The number of rotatable bonds is 7. The lowest BCUT2D eigenvalue weighted by Gasteiger charge is -2.10. The summed E-state index contributed by atoms with van der Waals surface area (Å²) in [6.07, 6.45) is 1.49. The molecule has 0 heterocycles. The van der Waals surface area contributed by atoms with Crippen molar-refractivity contribution < 1.29 is 19.1 Å². The maximum absolute atomic E-state index is 12.1. The molecule has 0 saturated heterocycles. The van der Waals surface area contributed by atoms with E-state index in [1.165, 1.54) is 6.21 Å².